The Bertz CT molecular complexity index is 1090. The van der Waals surface area contributed by atoms with E-state index in [1.54, 1.807) is 18.2 Å². The highest BCUT2D eigenvalue weighted by Gasteiger charge is 2.13. The normalized spacial score (nSPS) is 10.8. The average Bonchev–Trinajstić information content (AvgIpc) is 2.61. The second-order valence-corrected chi connectivity index (χ2v) is 6.50. The van der Waals surface area contributed by atoms with Gasteiger partial charge in [-0.3, -0.25) is 4.79 Å². The highest BCUT2D eigenvalue weighted by molar-refractivity contribution is 9.10. The molecule has 3 aromatic rings. The van der Waals surface area contributed by atoms with Crippen molar-refractivity contribution in [1.29, 1.82) is 0 Å². The SMILES string of the molecule is CCCn1nc(C(=O)OCc2cc(=O)oc3cc(Br)ccc23)ccc1=O. The van der Waals surface area contributed by atoms with Crippen molar-refractivity contribution in [2.75, 3.05) is 0 Å². The Morgan fingerprint density at radius 2 is 2.04 bits per heavy atom. The monoisotopic (exact) mass is 418 g/mol. The summed E-state index contributed by atoms with van der Waals surface area (Å²) in [6.07, 6.45) is 0.715. The zero-order valence-corrected chi connectivity index (χ0v) is 15.5. The largest absolute Gasteiger partial charge is 0.456 e. The van der Waals surface area contributed by atoms with Gasteiger partial charge in [-0.15, -0.1) is 0 Å². The van der Waals surface area contributed by atoms with Crippen LogP contribution in [0.2, 0.25) is 0 Å². The van der Waals surface area contributed by atoms with Crippen molar-refractivity contribution in [2.45, 2.75) is 26.5 Å². The summed E-state index contributed by atoms with van der Waals surface area (Å²) in [7, 11) is 0. The van der Waals surface area contributed by atoms with Crippen molar-refractivity contribution in [1.82, 2.24) is 9.78 Å². The zero-order chi connectivity index (χ0) is 18.7. The van der Waals surface area contributed by atoms with Crippen LogP contribution < -0.4 is 11.2 Å². The maximum absolute atomic E-state index is 12.3. The van der Waals surface area contributed by atoms with Gasteiger partial charge < -0.3 is 9.15 Å². The van der Waals surface area contributed by atoms with Gasteiger partial charge >= 0.3 is 11.6 Å². The Morgan fingerprint density at radius 3 is 2.81 bits per heavy atom. The molecule has 7 nitrogen and oxygen atoms in total. The maximum Gasteiger partial charge on any atom is 0.359 e. The van der Waals surface area contributed by atoms with E-state index in [0.717, 1.165) is 4.47 Å². The lowest BCUT2D eigenvalue weighted by molar-refractivity contribution is 0.0463. The molecule has 0 radical (unpaired) electrons. The fourth-order valence-corrected chi connectivity index (χ4v) is 2.81. The third-order valence-corrected chi connectivity index (χ3v) is 4.16. The van der Waals surface area contributed by atoms with Gasteiger partial charge in [0.1, 0.15) is 12.2 Å². The van der Waals surface area contributed by atoms with Crippen molar-refractivity contribution < 1.29 is 13.9 Å². The summed E-state index contributed by atoms with van der Waals surface area (Å²) in [5.41, 5.74) is 0.150. The average molecular weight is 419 g/mol. The Labute approximate surface area is 156 Å². The Balaban J connectivity index is 1.84. The Morgan fingerprint density at radius 1 is 1.23 bits per heavy atom. The van der Waals surface area contributed by atoms with Crippen LogP contribution in [-0.4, -0.2) is 15.7 Å². The Hall–Kier alpha value is -2.74. The molecule has 134 valence electrons. The second-order valence-electron chi connectivity index (χ2n) is 5.59. The van der Waals surface area contributed by atoms with Crippen LogP contribution in [0, 0.1) is 0 Å². The van der Waals surface area contributed by atoms with Gasteiger partial charge in [0.2, 0.25) is 0 Å². The van der Waals surface area contributed by atoms with Crippen molar-refractivity contribution in [3.63, 3.8) is 0 Å². The topological polar surface area (TPSA) is 91.4 Å². The van der Waals surface area contributed by atoms with Crippen LogP contribution in [0.5, 0.6) is 0 Å². The molecule has 0 saturated heterocycles. The van der Waals surface area contributed by atoms with E-state index in [0.29, 0.717) is 29.5 Å². The minimum absolute atomic E-state index is 0.0352. The van der Waals surface area contributed by atoms with E-state index in [1.807, 2.05) is 6.92 Å². The lowest BCUT2D eigenvalue weighted by Gasteiger charge is -2.08. The van der Waals surface area contributed by atoms with Crippen LogP contribution in [0.3, 0.4) is 0 Å². The molecular weight excluding hydrogens is 404 g/mol. The second kappa shape index (κ2) is 7.65. The van der Waals surface area contributed by atoms with Gasteiger partial charge in [0.25, 0.3) is 5.56 Å². The lowest BCUT2D eigenvalue weighted by atomic mass is 10.1. The number of ether oxygens (including phenoxy) is 1. The third kappa shape index (κ3) is 3.91. The highest BCUT2D eigenvalue weighted by atomic mass is 79.9. The molecular formula is C18H15BrN2O5. The molecule has 0 aliphatic rings. The number of esters is 1. The van der Waals surface area contributed by atoms with Crippen LogP contribution in [0.15, 0.2) is 54.9 Å². The molecule has 2 aromatic heterocycles. The molecule has 0 fully saturated rings. The summed E-state index contributed by atoms with van der Waals surface area (Å²) in [5, 5.41) is 4.68. The number of halogens is 1. The number of nitrogens with zero attached hydrogens (tertiary/aromatic N) is 2. The van der Waals surface area contributed by atoms with Gasteiger partial charge in [-0.2, -0.15) is 5.10 Å². The van der Waals surface area contributed by atoms with E-state index in [2.05, 4.69) is 21.0 Å². The molecule has 2 heterocycles. The minimum Gasteiger partial charge on any atom is -0.456 e. The summed E-state index contributed by atoms with van der Waals surface area (Å²) in [6.45, 7) is 2.21. The van der Waals surface area contributed by atoms with Crippen molar-refractivity contribution in [2.24, 2.45) is 0 Å². The van der Waals surface area contributed by atoms with Gasteiger partial charge in [0.05, 0.1) is 0 Å². The van der Waals surface area contributed by atoms with Crippen LogP contribution in [-0.2, 0) is 17.9 Å². The van der Waals surface area contributed by atoms with Crippen LogP contribution in [0.4, 0.5) is 0 Å². The maximum atomic E-state index is 12.3. The molecule has 0 spiro atoms. The Kier molecular flexibility index (Phi) is 5.32. The number of hydrogen-bond acceptors (Lipinski definition) is 6. The number of rotatable bonds is 5. The third-order valence-electron chi connectivity index (χ3n) is 3.66. The van der Waals surface area contributed by atoms with E-state index >= 15 is 0 Å². The molecule has 0 unspecified atom stereocenters. The fraction of sp³-hybridized carbons (Fsp3) is 0.222. The smallest absolute Gasteiger partial charge is 0.359 e. The van der Waals surface area contributed by atoms with Gasteiger partial charge in [0.15, 0.2) is 5.69 Å². The molecule has 3 rings (SSSR count). The molecule has 8 heteroatoms. The number of hydrogen-bond donors (Lipinski definition) is 0. The van der Waals surface area contributed by atoms with Crippen LogP contribution in [0.25, 0.3) is 11.0 Å². The first kappa shape index (κ1) is 18.1. The molecule has 26 heavy (non-hydrogen) atoms. The van der Waals surface area contributed by atoms with E-state index < -0.39 is 11.6 Å². The number of carbonyl (C=O) groups excluding carboxylic acids is 1. The van der Waals surface area contributed by atoms with E-state index in [4.69, 9.17) is 9.15 Å². The molecule has 0 atom stereocenters. The number of carbonyl (C=O) groups is 1. The zero-order valence-electron chi connectivity index (χ0n) is 13.9. The van der Waals surface area contributed by atoms with E-state index in [1.165, 1.54) is 22.9 Å². The van der Waals surface area contributed by atoms with Crippen LogP contribution >= 0.6 is 15.9 Å². The van der Waals surface area contributed by atoms with E-state index in [9.17, 15) is 14.4 Å². The summed E-state index contributed by atoms with van der Waals surface area (Å²) in [5.74, 6) is -0.673. The van der Waals surface area contributed by atoms with Crippen molar-refractivity contribution >= 4 is 32.9 Å². The van der Waals surface area contributed by atoms with Gasteiger partial charge in [-0.05, 0) is 30.7 Å². The summed E-state index contributed by atoms with van der Waals surface area (Å²) >= 11 is 3.32. The first-order valence-corrected chi connectivity index (χ1v) is 8.75. The van der Waals surface area contributed by atoms with Crippen molar-refractivity contribution in [3.8, 4) is 0 Å². The summed E-state index contributed by atoms with van der Waals surface area (Å²) < 4.78 is 12.4. The lowest BCUT2D eigenvalue weighted by Crippen LogP contribution is -2.24. The molecule has 0 bridgehead atoms. The predicted molar refractivity (Wildman–Crippen MR) is 98.1 cm³/mol. The number of fused-ring (bicyclic) bond motifs is 1. The molecule has 1 aromatic carbocycles. The first-order chi connectivity index (χ1) is 12.5. The number of aryl methyl sites for hydroxylation is 1. The summed E-state index contributed by atoms with van der Waals surface area (Å²) in [6, 6.07) is 9.13. The molecule has 0 aliphatic heterocycles. The predicted octanol–water partition coefficient (Wildman–Crippen LogP) is 2.88. The highest BCUT2D eigenvalue weighted by Crippen LogP contribution is 2.22. The van der Waals surface area contributed by atoms with Crippen LogP contribution in [0.1, 0.15) is 29.4 Å². The number of aromatic nitrogens is 2. The van der Waals surface area contributed by atoms with Gasteiger partial charge in [0, 0.05) is 34.1 Å². The number of benzene rings is 1. The first-order valence-electron chi connectivity index (χ1n) is 7.95. The quantitative estimate of drug-likeness (QED) is 0.467. The molecule has 0 amide bonds. The standard InChI is InChI=1S/C18H15BrN2O5/c1-2-7-21-16(22)6-5-14(20-21)18(24)25-10-11-8-17(23)26-15-9-12(19)3-4-13(11)15/h3-6,8-9H,2,7,10H2,1H3. The van der Waals surface area contributed by atoms with Gasteiger partial charge in [-0.1, -0.05) is 22.9 Å². The molecule has 0 saturated carbocycles. The molecule has 0 N–H and O–H groups in total. The molecule has 0 aliphatic carbocycles. The van der Waals surface area contributed by atoms with Crippen molar-refractivity contribution in [3.05, 3.63) is 72.9 Å². The summed E-state index contributed by atoms with van der Waals surface area (Å²) in [4.78, 5) is 35.6. The minimum atomic E-state index is -0.673. The van der Waals surface area contributed by atoms with Gasteiger partial charge in [-0.25, -0.2) is 14.3 Å². The fourth-order valence-electron chi connectivity index (χ4n) is 2.47. The van der Waals surface area contributed by atoms with E-state index in [-0.39, 0.29) is 17.9 Å².